The molecule has 2 N–H and O–H groups in total. The number of benzene rings is 3. The second-order valence-electron chi connectivity index (χ2n) is 9.94. The zero-order valence-corrected chi connectivity index (χ0v) is 23.3. The molecule has 5 rings (SSSR count). The molecule has 1 aliphatic rings. The van der Waals surface area contributed by atoms with Gasteiger partial charge in [-0.3, -0.25) is 4.79 Å². The van der Waals surface area contributed by atoms with Crippen LogP contribution in [0.15, 0.2) is 97.2 Å². The van der Waals surface area contributed by atoms with Crippen molar-refractivity contribution in [2.45, 2.75) is 37.3 Å². The Morgan fingerprint density at radius 2 is 1.49 bits per heavy atom. The molecule has 0 radical (unpaired) electrons. The predicted octanol–water partition coefficient (Wildman–Crippen LogP) is 5.26. The number of nitrogens with zero attached hydrogens (tertiary/aromatic N) is 1. The van der Waals surface area contributed by atoms with Crippen LogP contribution in [0.5, 0.6) is 11.5 Å². The lowest BCUT2D eigenvalue weighted by atomic mass is 9.80. The lowest BCUT2D eigenvalue weighted by Gasteiger charge is -2.37. The minimum absolute atomic E-state index is 0.127. The van der Waals surface area contributed by atoms with Gasteiger partial charge in [0, 0.05) is 19.5 Å². The Kier molecular flexibility index (Phi) is 8.64. The number of aliphatic hydroxyl groups is 1. The van der Waals surface area contributed by atoms with Crippen molar-refractivity contribution in [3.05, 3.63) is 119 Å². The van der Waals surface area contributed by atoms with Crippen molar-refractivity contribution in [3.8, 4) is 11.5 Å². The number of carbonyl (C=O) groups is 1. The van der Waals surface area contributed by atoms with Crippen molar-refractivity contribution in [2.24, 2.45) is 0 Å². The van der Waals surface area contributed by atoms with Crippen LogP contribution < -0.4 is 14.8 Å². The first-order chi connectivity index (χ1) is 19.9. The van der Waals surface area contributed by atoms with Crippen molar-refractivity contribution in [3.63, 3.8) is 0 Å². The molecule has 41 heavy (non-hydrogen) atoms. The van der Waals surface area contributed by atoms with E-state index < -0.39 is 17.8 Å². The summed E-state index contributed by atoms with van der Waals surface area (Å²) in [4.78, 5) is 15.6. The SMILES string of the molecule is COc1ccc(C(OC[C@H]2O[C@@H](c3ccc(NC(C)=O)nc3)C[C@@H]2O)(c2ccccc2)c2ccc(OC)cc2)cc1. The molecule has 8 nitrogen and oxygen atoms in total. The topological polar surface area (TPSA) is 99.1 Å². The minimum atomic E-state index is -1.01. The van der Waals surface area contributed by atoms with Gasteiger partial charge in [0.05, 0.1) is 33.0 Å². The molecule has 1 saturated heterocycles. The molecule has 2 heterocycles. The van der Waals surface area contributed by atoms with Crippen molar-refractivity contribution in [1.29, 1.82) is 0 Å². The molecule has 0 spiro atoms. The number of aliphatic hydroxyl groups excluding tert-OH is 1. The third-order valence-electron chi connectivity index (χ3n) is 7.32. The highest BCUT2D eigenvalue weighted by Crippen LogP contribution is 2.43. The van der Waals surface area contributed by atoms with Gasteiger partial charge in [-0.1, -0.05) is 60.7 Å². The molecular weight excluding hydrogens is 520 g/mol. The standard InChI is InChI=1S/C33H34N2O6/c1-22(36)35-32-18-9-23(20-34-32)30-19-29(37)31(41-30)21-40-33(24-7-5-4-6-8-24,25-10-14-27(38-2)15-11-25)26-12-16-28(39-3)17-13-26/h4-18,20,29-31,37H,19,21H2,1-3H3,(H,34,35,36)/t29-,30+,31+/m0/s1. The van der Waals surface area contributed by atoms with Gasteiger partial charge in [0.1, 0.15) is 29.0 Å². The number of amides is 1. The molecule has 8 heteroatoms. The number of carbonyl (C=O) groups excluding carboxylic acids is 1. The number of nitrogens with one attached hydrogen (secondary N) is 1. The highest BCUT2D eigenvalue weighted by atomic mass is 16.6. The minimum Gasteiger partial charge on any atom is -0.497 e. The van der Waals surface area contributed by atoms with Crippen molar-refractivity contribution in [1.82, 2.24) is 4.98 Å². The van der Waals surface area contributed by atoms with Gasteiger partial charge < -0.3 is 29.4 Å². The first-order valence-electron chi connectivity index (χ1n) is 13.5. The normalized spacial score (nSPS) is 18.6. The summed E-state index contributed by atoms with van der Waals surface area (Å²) in [6.45, 7) is 1.56. The molecule has 1 amide bonds. The molecule has 3 aromatic carbocycles. The molecule has 0 saturated carbocycles. The maximum atomic E-state index is 11.3. The van der Waals surface area contributed by atoms with Gasteiger partial charge in [-0.15, -0.1) is 0 Å². The summed E-state index contributed by atoms with van der Waals surface area (Å²) >= 11 is 0. The van der Waals surface area contributed by atoms with Gasteiger partial charge in [-0.2, -0.15) is 0 Å². The number of pyridine rings is 1. The predicted molar refractivity (Wildman–Crippen MR) is 155 cm³/mol. The first kappa shape index (κ1) is 28.3. The molecule has 0 unspecified atom stereocenters. The van der Waals surface area contributed by atoms with Crippen LogP contribution in [-0.2, 0) is 19.9 Å². The first-order valence-corrected chi connectivity index (χ1v) is 13.5. The smallest absolute Gasteiger partial charge is 0.222 e. The lowest BCUT2D eigenvalue weighted by molar-refractivity contribution is -0.114. The molecule has 1 fully saturated rings. The summed E-state index contributed by atoms with van der Waals surface area (Å²) in [5.74, 6) is 1.75. The van der Waals surface area contributed by atoms with E-state index in [9.17, 15) is 9.90 Å². The van der Waals surface area contributed by atoms with Gasteiger partial charge in [-0.25, -0.2) is 4.98 Å². The Bertz CT molecular complexity index is 1380. The highest BCUT2D eigenvalue weighted by Gasteiger charge is 2.41. The van der Waals surface area contributed by atoms with Gasteiger partial charge >= 0.3 is 0 Å². The number of hydrogen-bond acceptors (Lipinski definition) is 7. The van der Waals surface area contributed by atoms with Crippen LogP contribution in [0, 0.1) is 0 Å². The number of hydrogen-bond donors (Lipinski definition) is 2. The van der Waals surface area contributed by atoms with E-state index in [1.165, 1.54) is 6.92 Å². The van der Waals surface area contributed by atoms with Crippen molar-refractivity contribution in [2.75, 3.05) is 26.1 Å². The molecule has 212 valence electrons. The van der Waals surface area contributed by atoms with Crippen molar-refractivity contribution < 1.29 is 28.8 Å². The Morgan fingerprint density at radius 3 is 2.00 bits per heavy atom. The summed E-state index contributed by atoms with van der Waals surface area (Å²) in [6.07, 6.45) is 0.392. The van der Waals surface area contributed by atoms with E-state index in [-0.39, 0.29) is 18.6 Å². The van der Waals surface area contributed by atoms with E-state index in [1.807, 2.05) is 84.9 Å². The van der Waals surface area contributed by atoms with Gasteiger partial charge in [0.25, 0.3) is 0 Å². The Morgan fingerprint density at radius 1 is 0.902 bits per heavy atom. The third-order valence-corrected chi connectivity index (χ3v) is 7.32. The average molecular weight is 555 g/mol. The second kappa shape index (κ2) is 12.5. The third kappa shape index (κ3) is 6.10. The number of anilines is 1. The molecule has 4 aromatic rings. The Hall–Kier alpha value is -4.24. The van der Waals surface area contributed by atoms with Crippen LogP contribution in [0.25, 0.3) is 0 Å². The van der Waals surface area contributed by atoms with Crippen LogP contribution in [0.2, 0.25) is 0 Å². The highest BCUT2D eigenvalue weighted by molar-refractivity contribution is 5.87. The van der Waals surface area contributed by atoms with Crippen LogP contribution in [0.4, 0.5) is 5.82 Å². The fraction of sp³-hybridized carbons (Fsp3) is 0.273. The van der Waals surface area contributed by atoms with E-state index in [4.69, 9.17) is 18.9 Å². The molecule has 1 aromatic heterocycles. The Labute approximate surface area is 239 Å². The van der Waals surface area contributed by atoms with Crippen molar-refractivity contribution >= 4 is 11.7 Å². The number of ether oxygens (including phenoxy) is 4. The number of aromatic nitrogens is 1. The summed E-state index contributed by atoms with van der Waals surface area (Å²) in [5.41, 5.74) is 2.54. The molecule has 0 bridgehead atoms. The Balaban J connectivity index is 1.47. The van der Waals surface area contributed by atoms with Gasteiger partial charge in [0.15, 0.2) is 0 Å². The second-order valence-corrected chi connectivity index (χ2v) is 9.94. The van der Waals surface area contributed by atoms with Crippen LogP contribution in [0.1, 0.15) is 41.7 Å². The lowest BCUT2D eigenvalue weighted by Crippen LogP contribution is -2.38. The quantitative estimate of drug-likeness (QED) is 0.258. The van der Waals surface area contributed by atoms with E-state index in [0.29, 0.717) is 12.2 Å². The van der Waals surface area contributed by atoms with Gasteiger partial charge in [0.2, 0.25) is 5.91 Å². The fourth-order valence-electron chi connectivity index (χ4n) is 5.22. The zero-order valence-electron chi connectivity index (χ0n) is 23.3. The summed E-state index contributed by atoms with van der Waals surface area (Å²) in [5, 5.41) is 13.7. The monoisotopic (exact) mass is 554 g/mol. The van der Waals surface area contributed by atoms with Gasteiger partial charge in [-0.05, 0) is 52.6 Å². The van der Waals surface area contributed by atoms with Crippen LogP contribution in [0.3, 0.4) is 0 Å². The van der Waals surface area contributed by atoms with E-state index in [0.717, 1.165) is 33.8 Å². The molecule has 0 aliphatic carbocycles. The van der Waals surface area contributed by atoms with E-state index in [1.54, 1.807) is 26.5 Å². The summed E-state index contributed by atoms with van der Waals surface area (Å²) < 4.78 is 24.1. The van der Waals surface area contributed by atoms with Crippen LogP contribution >= 0.6 is 0 Å². The zero-order chi connectivity index (χ0) is 28.8. The van der Waals surface area contributed by atoms with E-state index in [2.05, 4.69) is 10.3 Å². The van der Waals surface area contributed by atoms with Crippen LogP contribution in [-0.4, -0.2) is 49.0 Å². The fourth-order valence-corrected chi connectivity index (χ4v) is 5.22. The number of rotatable bonds is 10. The van der Waals surface area contributed by atoms with E-state index >= 15 is 0 Å². The molecule has 3 atom stereocenters. The maximum absolute atomic E-state index is 11.3. The summed E-state index contributed by atoms with van der Waals surface area (Å²) in [7, 11) is 3.27. The maximum Gasteiger partial charge on any atom is 0.222 e. The molecule has 1 aliphatic heterocycles. The summed E-state index contributed by atoms with van der Waals surface area (Å²) in [6, 6.07) is 29.2. The average Bonchev–Trinajstić information content (AvgIpc) is 3.38. The number of methoxy groups -OCH3 is 2. The molecular formula is C33H34N2O6. The largest absolute Gasteiger partial charge is 0.497 e.